The maximum absolute atomic E-state index is 10.9. The van der Waals surface area contributed by atoms with Crippen molar-refractivity contribution in [3.63, 3.8) is 0 Å². The van der Waals surface area contributed by atoms with Crippen LogP contribution >= 0.6 is 0 Å². The third-order valence-electron chi connectivity index (χ3n) is 2.34. The minimum Gasteiger partial charge on any atom is -0.490 e. The molecule has 3 nitrogen and oxygen atoms in total. The van der Waals surface area contributed by atoms with Crippen LogP contribution in [0.25, 0.3) is 11.1 Å². The Hall–Kier alpha value is -2.03. The van der Waals surface area contributed by atoms with E-state index in [1.165, 1.54) is 6.26 Å². The summed E-state index contributed by atoms with van der Waals surface area (Å²) in [5.41, 5.74) is 1.63. The number of hydrogen-bond donors (Lipinski definition) is 0. The van der Waals surface area contributed by atoms with E-state index in [2.05, 4.69) is 0 Å². The predicted molar refractivity (Wildman–Crippen MR) is 65.3 cm³/mol. The van der Waals surface area contributed by atoms with Crippen molar-refractivity contribution >= 4 is 6.29 Å². The molecule has 0 fully saturated rings. The Morgan fingerprint density at radius 3 is 2.65 bits per heavy atom. The zero-order chi connectivity index (χ0) is 12.3. The molecule has 2 aromatic rings. The molecule has 88 valence electrons. The molecule has 0 aliphatic carbocycles. The van der Waals surface area contributed by atoms with E-state index in [9.17, 15) is 4.79 Å². The van der Waals surface area contributed by atoms with Crippen LogP contribution in [-0.4, -0.2) is 12.4 Å². The molecule has 17 heavy (non-hydrogen) atoms. The highest BCUT2D eigenvalue weighted by Crippen LogP contribution is 2.32. The molecule has 0 radical (unpaired) electrons. The van der Waals surface area contributed by atoms with Crippen molar-refractivity contribution in [3.8, 4) is 16.9 Å². The fourth-order valence-corrected chi connectivity index (χ4v) is 1.68. The molecule has 1 aromatic heterocycles. The maximum atomic E-state index is 10.9. The number of aldehydes is 1. The van der Waals surface area contributed by atoms with Crippen molar-refractivity contribution in [1.29, 1.82) is 0 Å². The van der Waals surface area contributed by atoms with Gasteiger partial charge in [-0.25, -0.2) is 0 Å². The van der Waals surface area contributed by atoms with Crippen LogP contribution in [0, 0.1) is 0 Å². The molecule has 0 aliphatic rings. The van der Waals surface area contributed by atoms with Gasteiger partial charge in [-0.1, -0.05) is 18.2 Å². The lowest BCUT2D eigenvalue weighted by Crippen LogP contribution is -2.06. The van der Waals surface area contributed by atoms with Crippen molar-refractivity contribution in [2.75, 3.05) is 0 Å². The number of carbonyl (C=O) groups is 1. The molecule has 0 bridgehead atoms. The highest BCUT2D eigenvalue weighted by atomic mass is 16.5. The molecule has 2 rings (SSSR count). The Labute approximate surface area is 100 Å². The van der Waals surface area contributed by atoms with Crippen molar-refractivity contribution < 1.29 is 13.9 Å². The van der Waals surface area contributed by atoms with Gasteiger partial charge in [-0.3, -0.25) is 4.79 Å². The summed E-state index contributed by atoms with van der Waals surface area (Å²) in [5, 5.41) is 0. The number of ether oxygens (including phenoxy) is 1. The van der Waals surface area contributed by atoms with E-state index in [-0.39, 0.29) is 6.10 Å². The number of benzene rings is 1. The monoisotopic (exact) mass is 230 g/mol. The molecule has 0 atom stereocenters. The Kier molecular flexibility index (Phi) is 3.28. The van der Waals surface area contributed by atoms with E-state index < -0.39 is 0 Å². The Balaban J connectivity index is 2.48. The second-order valence-corrected chi connectivity index (χ2v) is 3.98. The average molecular weight is 230 g/mol. The first kappa shape index (κ1) is 11.5. The van der Waals surface area contributed by atoms with Gasteiger partial charge in [-0.2, -0.15) is 0 Å². The molecule has 3 heteroatoms. The zero-order valence-electron chi connectivity index (χ0n) is 9.84. The number of rotatable bonds is 4. The van der Waals surface area contributed by atoms with Crippen molar-refractivity contribution in [2.24, 2.45) is 0 Å². The lowest BCUT2D eigenvalue weighted by atomic mass is 10.1. The van der Waals surface area contributed by atoms with Crippen LogP contribution in [0.1, 0.15) is 24.4 Å². The fourth-order valence-electron chi connectivity index (χ4n) is 1.68. The highest BCUT2D eigenvalue weighted by Gasteiger charge is 2.13. The third kappa shape index (κ3) is 2.38. The van der Waals surface area contributed by atoms with E-state index in [1.54, 1.807) is 6.07 Å². The van der Waals surface area contributed by atoms with E-state index in [1.807, 2.05) is 38.1 Å². The maximum Gasteiger partial charge on any atom is 0.185 e. The Bertz CT molecular complexity index is 512. The summed E-state index contributed by atoms with van der Waals surface area (Å²) in [6.45, 7) is 3.93. The normalized spacial score (nSPS) is 10.5. The van der Waals surface area contributed by atoms with E-state index in [0.29, 0.717) is 12.0 Å². The van der Waals surface area contributed by atoms with E-state index >= 15 is 0 Å². The molecule has 0 saturated heterocycles. The molecule has 0 unspecified atom stereocenters. The topological polar surface area (TPSA) is 39.4 Å². The first-order valence-electron chi connectivity index (χ1n) is 5.51. The first-order chi connectivity index (χ1) is 8.22. The van der Waals surface area contributed by atoms with E-state index in [0.717, 1.165) is 16.9 Å². The van der Waals surface area contributed by atoms with Crippen LogP contribution in [0.15, 0.2) is 41.0 Å². The van der Waals surface area contributed by atoms with Gasteiger partial charge in [-0.05, 0) is 26.0 Å². The molecular weight excluding hydrogens is 216 g/mol. The number of carbonyl (C=O) groups excluding carboxylic acids is 1. The third-order valence-corrected chi connectivity index (χ3v) is 2.34. The van der Waals surface area contributed by atoms with Gasteiger partial charge in [-0.15, -0.1) is 0 Å². The average Bonchev–Trinajstić information content (AvgIpc) is 2.77. The molecule has 1 heterocycles. The first-order valence-corrected chi connectivity index (χ1v) is 5.51. The molecule has 0 amide bonds. The predicted octanol–water partition coefficient (Wildman–Crippen LogP) is 3.55. The SMILES string of the molecule is CC(C)Oc1ccccc1-c1ccoc1C=O. The lowest BCUT2D eigenvalue weighted by Gasteiger charge is -2.13. The number of furan rings is 1. The van der Waals surface area contributed by atoms with Crippen molar-refractivity contribution in [3.05, 3.63) is 42.4 Å². The Morgan fingerprint density at radius 2 is 1.94 bits per heavy atom. The number of para-hydroxylation sites is 1. The standard InChI is InChI=1S/C14H14O3/c1-10(2)17-13-6-4-3-5-11(13)12-7-8-16-14(12)9-15/h3-10H,1-2H3. The van der Waals surface area contributed by atoms with Crippen molar-refractivity contribution in [1.82, 2.24) is 0 Å². The second kappa shape index (κ2) is 4.87. The van der Waals surface area contributed by atoms with Crippen LogP contribution in [0.3, 0.4) is 0 Å². The largest absolute Gasteiger partial charge is 0.490 e. The van der Waals surface area contributed by atoms with Gasteiger partial charge in [0.1, 0.15) is 5.75 Å². The minimum atomic E-state index is 0.0859. The lowest BCUT2D eigenvalue weighted by molar-refractivity contribution is 0.110. The molecule has 0 spiro atoms. The fraction of sp³-hybridized carbons (Fsp3) is 0.214. The molecule has 0 N–H and O–H groups in total. The molecular formula is C14H14O3. The van der Waals surface area contributed by atoms with Gasteiger partial charge < -0.3 is 9.15 Å². The van der Waals surface area contributed by atoms with Gasteiger partial charge in [0.2, 0.25) is 0 Å². The molecule has 0 saturated carbocycles. The van der Waals surface area contributed by atoms with Gasteiger partial charge >= 0.3 is 0 Å². The van der Waals surface area contributed by atoms with Crippen LogP contribution < -0.4 is 4.74 Å². The van der Waals surface area contributed by atoms with Crippen LogP contribution in [0.4, 0.5) is 0 Å². The highest BCUT2D eigenvalue weighted by molar-refractivity contribution is 5.86. The summed E-state index contributed by atoms with van der Waals surface area (Å²) in [5.74, 6) is 1.08. The molecule has 1 aromatic carbocycles. The van der Waals surface area contributed by atoms with Gasteiger partial charge in [0.25, 0.3) is 0 Å². The smallest absolute Gasteiger partial charge is 0.185 e. The van der Waals surface area contributed by atoms with Crippen LogP contribution in [-0.2, 0) is 0 Å². The quantitative estimate of drug-likeness (QED) is 0.754. The van der Waals surface area contributed by atoms with Crippen molar-refractivity contribution in [2.45, 2.75) is 20.0 Å². The van der Waals surface area contributed by atoms with Gasteiger partial charge in [0.15, 0.2) is 12.0 Å². The van der Waals surface area contributed by atoms with E-state index in [4.69, 9.17) is 9.15 Å². The summed E-state index contributed by atoms with van der Waals surface area (Å²) in [4.78, 5) is 10.9. The second-order valence-electron chi connectivity index (χ2n) is 3.98. The summed E-state index contributed by atoms with van der Waals surface area (Å²) in [6, 6.07) is 9.38. The molecule has 0 aliphatic heterocycles. The minimum absolute atomic E-state index is 0.0859. The van der Waals surface area contributed by atoms with Gasteiger partial charge in [0, 0.05) is 11.1 Å². The number of hydrogen-bond acceptors (Lipinski definition) is 3. The Morgan fingerprint density at radius 1 is 1.18 bits per heavy atom. The summed E-state index contributed by atoms with van der Waals surface area (Å²) in [6.07, 6.45) is 2.30. The zero-order valence-corrected chi connectivity index (χ0v) is 9.84. The van der Waals surface area contributed by atoms with Gasteiger partial charge in [0.05, 0.1) is 12.4 Å². The summed E-state index contributed by atoms with van der Waals surface area (Å²) < 4.78 is 10.8. The summed E-state index contributed by atoms with van der Waals surface area (Å²) >= 11 is 0. The van der Waals surface area contributed by atoms with Crippen LogP contribution in [0.2, 0.25) is 0 Å². The summed E-state index contributed by atoms with van der Waals surface area (Å²) in [7, 11) is 0. The van der Waals surface area contributed by atoms with Crippen LogP contribution in [0.5, 0.6) is 5.75 Å².